The number of benzene rings is 1. The number of aromatic nitrogens is 4. The second kappa shape index (κ2) is 11.8. The molecule has 1 fully saturated rings. The molecule has 1 atom stereocenters. The van der Waals surface area contributed by atoms with Crippen molar-refractivity contribution in [3.8, 4) is 17.2 Å². The smallest absolute Gasteiger partial charge is 0.258 e. The zero-order valence-corrected chi connectivity index (χ0v) is 22.7. The van der Waals surface area contributed by atoms with Gasteiger partial charge in [-0.2, -0.15) is 4.98 Å². The molecule has 0 N–H and O–H groups in total. The predicted octanol–water partition coefficient (Wildman–Crippen LogP) is 6.44. The molecule has 0 radical (unpaired) electrons. The summed E-state index contributed by atoms with van der Waals surface area (Å²) in [5, 5.41) is 4.78. The average Bonchev–Trinajstić information content (AvgIpc) is 3.49. The maximum Gasteiger partial charge on any atom is 0.258 e. The minimum atomic E-state index is -0.0796. The van der Waals surface area contributed by atoms with E-state index in [0.29, 0.717) is 41.1 Å². The fourth-order valence-electron chi connectivity index (χ4n) is 5.42. The molecule has 37 heavy (non-hydrogen) atoms. The van der Waals surface area contributed by atoms with E-state index in [1.54, 1.807) is 12.4 Å². The highest BCUT2D eigenvalue weighted by Gasteiger charge is 2.43. The lowest BCUT2D eigenvalue weighted by Crippen LogP contribution is -2.44. The van der Waals surface area contributed by atoms with Crippen molar-refractivity contribution in [2.24, 2.45) is 0 Å². The lowest BCUT2D eigenvalue weighted by molar-refractivity contribution is 0.0461. The van der Waals surface area contributed by atoms with Crippen molar-refractivity contribution in [1.82, 2.24) is 29.5 Å². The number of unbranched alkanes of at least 4 members (excludes halogenated alkanes) is 6. The molecule has 1 amide bonds. The van der Waals surface area contributed by atoms with Crippen LogP contribution in [0.2, 0.25) is 5.02 Å². The van der Waals surface area contributed by atoms with Gasteiger partial charge in [0.1, 0.15) is 12.0 Å². The largest absolute Gasteiger partial charge is 0.337 e. The standard InChI is InChI=1S/C28H37ClN6O2/c1-3-5-7-9-15-33(16-10-8-6-4-2)18-23-31-27(32-37-23)25-26-22-14-17-34(22)28(36)24-20(29)12-11-13-21(24)35(26)19-30-25/h11-13,19,22H,3-10,14-18H2,1-2H3/t22-/m0/s1. The summed E-state index contributed by atoms with van der Waals surface area (Å²) in [6.07, 6.45) is 12.5. The molecule has 2 aliphatic heterocycles. The minimum Gasteiger partial charge on any atom is -0.337 e. The molecule has 9 heteroatoms. The third-order valence-corrected chi connectivity index (χ3v) is 7.88. The molecule has 0 spiro atoms. The first-order chi connectivity index (χ1) is 18.1. The molecule has 4 heterocycles. The van der Waals surface area contributed by atoms with Crippen molar-refractivity contribution in [3.63, 3.8) is 0 Å². The Morgan fingerprint density at radius 2 is 1.84 bits per heavy atom. The molecule has 5 rings (SSSR count). The number of nitrogens with zero attached hydrogens (tertiary/aromatic N) is 6. The fourth-order valence-corrected chi connectivity index (χ4v) is 5.68. The Bertz CT molecular complexity index is 1210. The second-order valence-corrected chi connectivity index (χ2v) is 10.6. The Labute approximate surface area is 224 Å². The molecule has 3 aromatic rings. The molecule has 1 saturated heterocycles. The van der Waals surface area contributed by atoms with Crippen molar-refractivity contribution in [2.45, 2.75) is 84.2 Å². The van der Waals surface area contributed by atoms with Crippen molar-refractivity contribution >= 4 is 17.5 Å². The van der Waals surface area contributed by atoms with Gasteiger partial charge < -0.3 is 9.42 Å². The summed E-state index contributed by atoms with van der Waals surface area (Å²) < 4.78 is 7.71. The van der Waals surface area contributed by atoms with Gasteiger partial charge in [0, 0.05) is 6.54 Å². The number of carbonyl (C=O) groups is 1. The number of fused-ring (bicyclic) bond motifs is 5. The van der Waals surface area contributed by atoms with Gasteiger partial charge in [0.2, 0.25) is 11.7 Å². The van der Waals surface area contributed by atoms with Crippen LogP contribution < -0.4 is 0 Å². The highest BCUT2D eigenvalue weighted by molar-refractivity contribution is 6.34. The van der Waals surface area contributed by atoms with E-state index >= 15 is 0 Å². The minimum absolute atomic E-state index is 0.0397. The van der Waals surface area contributed by atoms with Gasteiger partial charge in [-0.1, -0.05) is 75.2 Å². The topological polar surface area (TPSA) is 80.3 Å². The number of hydrogen-bond acceptors (Lipinski definition) is 6. The van der Waals surface area contributed by atoms with Crippen LogP contribution in [0.25, 0.3) is 17.2 Å². The highest BCUT2D eigenvalue weighted by Crippen LogP contribution is 2.44. The van der Waals surface area contributed by atoms with Gasteiger partial charge in [-0.15, -0.1) is 0 Å². The number of rotatable bonds is 13. The predicted molar refractivity (Wildman–Crippen MR) is 144 cm³/mol. The van der Waals surface area contributed by atoms with E-state index in [1.807, 2.05) is 21.6 Å². The summed E-state index contributed by atoms with van der Waals surface area (Å²) in [7, 11) is 0. The monoisotopic (exact) mass is 524 g/mol. The lowest BCUT2D eigenvalue weighted by atomic mass is 9.97. The summed E-state index contributed by atoms with van der Waals surface area (Å²) in [6.45, 7) is 7.91. The molecule has 0 aliphatic carbocycles. The number of halogens is 1. The molecular formula is C28H37ClN6O2. The van der Waals surface area contributed by atoms with Crippen LogP contribution >= 0.6 is 11.6 Å². The van der Waals surface area contributed by atoms with Crippen LogP contribution in [0.4, 0.5) is 0 Å². The maximum absolute atomic E-state index is 13.3. The zero-order valence-electron chi connectivity index (χ0n) is 22.0. The molecular weight excluding hydrogens is 488 g/mol. The van der Waals surface area contributed by atoms with Crippen molar-refractivity contribution in [1.29, 1.82) is 0 Å². The molecule has 2 aromatic heterocycles. The summed E-state index contributed by atoms with van der Waals surface area (Å²) in [5.41, 5.74) is 2.86. The molecule has 8 nitrogen and oxygen atoms in total. The molecule has 1 aromatic carbocycles. The highest BCUT2D eigenvalue weighted by atomic mass is 35.5. The Kier molecular flexibility index (Phi) is 8.25. The summed E-state index contributed by atoms with van der Waals surface area (Å²) in [5.74, 6) is 1.05. The third kappa shape index (κ3) is 5.32. The van der Waals surface area contributed by atoms with E-state index in [9.17, 15) is 4.79 Å². The van der Waals surface area contributed by atoms with Gasteiger partial charge >= 0.3 is 0 Å². The normalized spacial score (nSPS) is 16.4. The van der Waals surface area contributed by atoms with E-state index in [0.717, 1.165) is 30.9 Å². The Morgan fingerprint density at radius 1 is 1.08 bits per heavy atom. The lowest BCUT2D eigenvalue weighted by Gasteiger charge is -2.39. The quantitative estimate of drug-likeness (QED) is 0.239. The van der Waals surface area contributed by atoms with Gasteiger partial charge in [-0.05, 0) is 44.5 Å². The molecule has 198 valence electrons. The Morgan fingerprint density at radius 3 is 2.51 bits per heavy atom. The van der Waals surface area contributed by atoms with E-state index in [2.05, 4.69) is 23.9 Å². The van der Waals surface area contributed by atoms with Crippen LogP contribution in [0.3, 0.4) is 0 Å². The number of amides is 1. The molecule has 0 unspecified atom stereocenters. The average molecular weight is 525 g/mol. The first-order valence-corrected chi connectivity index (χ1v) is 14.2. The Hall–Kier alpha value is -2.71. The van der Waals surface area contributed by atoms with Gasteiger partial charge in [0.05, 0.1) is 34.6 Å². The molecule has 2 aliphatic rings. The first kappa shape index (κ1) is 25.9. The van der Waals surface area contributed by atoms with Crippen molar-refractivity contribution < 1.29 is 9.32 Å². The van der Waals surface area contributed by atoms with Crippen LogP contribution in [-0.2, 0) is 6.54 Å². The summed E-state index contributed by atoms with van der Waals surface area (Å²) in [6, 6.07) is 5.46. The number of carbonyl (C=O) groups excluding carboxylic acids is 1. The van der Waals surface area contributed by atoms with Crippen molar-refractivity contribution in [3.05, 3.63) is 46.7 Å². The number of imidazole rings is 1. The summed E-state index contributed by atoms with van der Waals surface area (Å²) >= 11 is 6.47. The van der Waals surface area contributed by atoms with E-state index in [1.165, 1.54) is 51.4 Å². The van der Waals surface area contributed by atoms with Crippen LogP contribution in [0.5, 0.6) is 0 Å². The fraction of sp³-hybridized carbons (Fsp3) is 0.571. The van der Waals surface area contributed by atoms with Gasteiger partial charge in [0.15, 0.2) is 0 Å². The van der Waals surface area contributed by atoms with Crippen molar-refractivity contribution in [2.75, 3.05) is 19.6 Å². The summed E-state index contributed by atoms with van der Waals surface area (Å²) in [4.78, 5) is 27.0. The van der Waals surface area contributed by atoms with Crippen LogP contribution in [0.1, 0.15) is 99.6 Å². The SMILES string of the molecule is CCCCCCN(CCCCCC)Cc1nc(-c2ncn3c2[C@@H]2CCN2C(=O)c2c(Cl)cccc2-3)no1. The van der Waals surface area contributed by atoms with Crippen LogP contribution in [0, 0.1) is 0 Å². The van der Waals surface area contributed by atoms with E-state index < -0.39 is 0 Å². The molecule has 0 bridgehead atoms. The van der Waals surface area contributed by atoms with Gasteiger partial charge in [0.25, 0.3) is 5.91 Å². The third-order valence-electron chi connectivity index (χ3n) is 7.56. The number of hydrogen-bond donors (Lipinski definition) is 0. The maximum atomic E-state index is 13.3. The molecule has 0 saturated carbocycles. The van der Waals surface area contributed by atoms with E-state index in [4.69, 9.17) is 26.1 Å². The second-order valence-electron chi connectivity index (χ2n) is 10.2. The van der Waals surface area contributed by atoms with E-state index in [-0.39, 0.29) is 11.9 Å². The van der Waals surface area contributed by atoms with Gasteiger partial charge in [-0.25, -0.2) is 4.98 Å². The van der Waals surface area contributed by atoms with Gasteiger partial charge in [-0.3, -0.25) is 14.3 Å². The first-order valence-electron chi connectivity index (χ1n) is 13.8. The zero-order chi connectivity index (χ0) is 25.8. The van der Waals surface area contributed by atoms with Crippen LogP contribution in [0.15, 0.2) is 29.0 Å². The Balaban J connectivity index is 1.38. The van der Waals surface area contributed by atoms with Crippen LogP contribution in [-0.4, -0.2) is 55.0 Å².